The summed E-state index contributed by atoms with van der Waals surface area (Å²) in [5, 5.41) is 15.5. The van der Waals surface area contributed by atoms with Crippen molar-refractivity contribution in [3.63, 3.8) is 0 Å². The lowest BCUT2D eigenvalue weighted by atomic mass is 10.3. The van der Waals surface area contributed by atoms with Crippen LogP contribution in [0.3, 0.4) is 0 Å². The van der Waals surface area contributed by atoms with Gasteiger partial charge in [0.25, 0.3) is 0 Å². The Morgan fingerprint density at radius 2 is 2.25 bits per heavy atom. The molecule has 0 aliphatic heterocycles. The van der Waals surface area contributed by atoms with Crippen molar-refractivity contribution in [2.75, 3.05) is 0 Å². The first-order valence-electron chi connectivity index (χ1n) is 3.42. The highest BCUT2D eigenvalue weighted by Gasteiger charge is 2.01. The summed E-state index contributed by atoms with van der Waals surface area (Å²) in [5.74, 6) is 0. The first-order chi connectivity index (χ1) is 5.70. The van der Waals surface area contributed by atoms with Crippen molar-refractivity contribution in [2.24, 2.45) is 0 Å². The van der Waals surface area contributed by atoms with Crippen LogP contribution < -0.4 is 0 Å². The second kappa shape index (κ2) is 4.01. The van der Waals surface area contributed by atoms with E-state index in [9.17, 15) is 0 Å². The van der Waals surface area contributed by atoms with Gasteiger partial charge >= 0.3 is 0 Å². The van der Waals surface area contributed by atoms with E-state index in [1.807, 2.05) is 6.07 Å². The highest BCUT2D eigenvalue weighted by atomic mass is 32.2. The van der Waals surface area contributed by atoms with Gasteiger partial charge in [0.2, 0.25) is 0 Å². The summed E-state index contributed by atoms with van der Waals surface area (Å²) in [4.78, 5) is 3.89. The maximum absolute atomic E-state index is 7.54. The number of nitrogens with one attached hydrogen (secondary N) is 2. The Morgan fingerprint density at radius 1 is 1.50 bits per heavy atom. The van der Waals surface area contributed by atoms with E-state index in [1.165, 1.54) is 0 Å². The monoisotopic (exact) mass is 179 g/mol. The van der Waals surface area contributed by atoms with Crippen LogP contribution >= 0.6 is 11.8 Å². The number of rotatable bonds is 1. The van der Waals surface area contributed by atoms with Gasteiger partial charge in [0.05, 0.1) is 5.04 Å². The molecule has 0 fully saturated rings. The summed E-state index contributed by atoms with van der Waals surface area (Å²) in [5.41, 5.74) is 0.758. The second-order valence-electron chi connectivity index (χ2n) is 2.23. The minimum Gasteiger partial charge on any atom is -0.298 e. The molecule has 0 unspecified atom stereocenters. The summed E-state index contributed by atoms with van der Waals surface area (Å²) in [6.45, 7) is 1.66. The molecule has 0 bridgehead atoms. The standard InChI is InChI=1S/C8H9N3S/c1-6(9)12-8(10)7-3-2-4-11-5-7/h2-5,9-10H,1H3. The molecule has 0 atom stereocenters. The molecule has 0 spiro atoms. The Bertz CT molecular complexity index is 294. The van der Waals surface area contributed by atoms with E-state index in [0.29, 0.717) is 10.1 Å². The van der Waals surface area contributed by atoms with E-state index in [2.05, 4.69) is 4.98 Å². The van der Waals surface area contributed by atoms with Crippen LogP contribution in [0.5, 0.6) is 0 Å². The molecule has 1 aromatic rings. The van der Waals surface area contributed by atoms with Crippen LogP contribution in [0.25, 0.3) is 0 Å². The van der Waals surface area contributed by atoms with Crippen molar-refractivity contribution in [2.45, 2.75) is 6.92 Å². The summed E-state index contributed by atoms with van der Waals surface area (Å²) in [6, 6.07) is 3.59. The average molecular weight is 179 g/mol. The lowest BCUT2D eigenvalue weighted by molar-refractivity contribution is 1.31. The fourth-order valence-corrected chi connectivity index (χ4v) is 1.25. The SMILES string of the molecule is CC(=N)SC(=N)c1cccnc1. The normalized spacial score (nSPS) is 9.42. The summed E-state index contributed by atoms with van der Waals surface area (Å²) < 4.78 is 0. The van der Waals surface area contributed by atoms with E-state index in [4.69, 9.17) is 10.8 Å². The van der Waals surface area contributed by atoms with Gasteiger partial charge in [-0.15, -0.1) is 0 Å². The molecule has 0 aliphatic carbocycles. The molecular weight excluding hydrogens is 170 g/mol. The van der Waals surface area contributed by atoms with Gasteiger partial charge in [-0.25, -0.2) is 0 Å². The third kappa shape index (κ3) is 2.47. The zero-order valence-electron chi connectivity index (χ0n) is 6.66. The molecule has 62 valence electrons. The quantitative estimate of drug-likeness (QED) is 0.512. The van der Waals surface area contributed by atoms with Crippen molar-refractivity contribution in [1.82, 2.24) is 4.98 Å². The zero-order chi connectivity index (χ0) is 8.97. The van der Waals surface area contributed by atoms with Gasteiger partial charge in [-0.1, -0.05) is 11.8 Å². The smallest absolute Gasteiger partial charge is 0.102 e. The van der Waals surface area contributed by atoms with Gasteiger partial charge in [-0.3, -0.25) is 15.8 Å². The topological polar surface area (TPSA) is 60.6 Å². The van der Waals surface area contributed by atoms with Crippen LogP contribution in [-0.4, -0.2) is 15.1 Å². The minimum atomic E-state index is 0.371. The second-order valence-corrected chi connectivity index (χ2v) is 3.45. The average Bonchev–Trinajstić information content (AvgIpc) is 2.05. The Kier molecular flexibility index (Phi) is 2.99. The molecule has 0 amide bonds. The summed E-state index contributed by atoms with van der Waals surface area (Å²) in [6.07, 6.45) is 3.29. The fourth-order valence-electron chi connectivity index (χ4n) is 0.709. The number of hydrogen-bond donors (Lipinski definition) is 2. The Hall–Kier alpha value is -1.16. The number of thioether (sulfide) groups is 1. The predicted octanol–water partition coefficient (Wildman–Crippen LogP) is 2.14. The van der Waals surface area contributed by atoms with Crippen LogP contribution in [0.1, 0.15) is 12.5 Å². The molecule has 12 heavy (non-hydrogen) atoms. The molecule has 4 heteroatoms. The molecular formula is C8H9N3S. The largest absolute Gasteiger partial charge is 0.298 e. The lowest BCUT2D eigenvalue weighted by Crippen LogP contribution is -1.96. The highest BCUT2D eigenvalue weighted by molar-refractivity contribution is 8.26. The van der Waals surface area contributed by atoms with Crippen molar-refractivity contribution < 1.29 is 0 Å². The third-order valence-electron chi connectivity index (χ3n) is 1.18. The van der Waals surface area contributed by atoms with Crippen LogP contribution in [0.2, 0.25) is 0 Å². The van der Waals surface area contributed by atoms with Gasteiger partial charge < -0.3 is 0 Å². The Labute approximate surface area is 75.2 Å². The van der Waals surface area contributed by atoms with Gasteiger partial charge in [0.1, 0.15) is 5.04 Å². The van der Waals surface area contributed by atoms with Crippen molar-refractivity contribution in [1.29, 1.82) is 10.8 Å². The number of pyridine rings is 1. The van der Waals surface area contributed by atoms with Crippen LogP contribution in [0.4, 0.5) is 0 Å². The highest BCUT2D eigenvalue weighted by Crippen LogP contribution is 2.11. The van der Waals surface area contributed by atoms with Crippen LogP contribution in [0.15, 0.2) is 24.5 Å². The molecule has 2 N–H and O–H groups in total. The number of aromatic nitrogens is 1. The molecule has 0 aromatic carbocycles. The van der Waals surface area contributed by atoms with Gasteiger partial charge in [-0.2, -0.15) is 0 Å². The molecule has 0 radical (unpaired) electrons. The van der Waals surface area contributed by atoms with Gasteiger partial charge in [-0.05, 0) is 19.1 Å². The molecule has 0 saturated heterocycles. The molecule has 1 rings (SSSR count). The molecule has 3 nitrogen and oxygen atoms in total. The van der Waals surface area contributed by atoms with E-state index in [-0.39, 0.29) is 0 Å². The predicted molar refractivity (Wildman–Crippen MR) is 52.1 cm³/mol. The van der Waals surface area contributed by atoms with Gasteiger partial charge in [0.15, 0.2) is 0 Å². The van der Waals surface area contributed by atoms with E-state index in [1.54, 1.807) is 25.4 Å². The number of nitrogens with zero attached hydrogens (tertiary/aromatic N) is 1. The number of hydrogen-bond acceptors (Lipinski definition) is 4. The first-order valence-corrected chi connectivity index (χ1v) is 4.24. The fraction of sp³-hybridized carbons (Fsp3) is 0.125. The van der Waals surface area contributed by atoms with Crippen LogP contribution in [-0.2, 0) is 0 Å². The van der Waals surface area contributed by atoms with Crippen molar-refractivity contribution in [3.05, 3.63) is 30.1 Å². The summed E-state index contributed by atoms with van der Waals surface area (Å²) >= 11 is 1.13. The molecule has 0 saturated carbocycles. The van der Waals surface area contributed by atoms with Crippen molar-refractivity contribution in [3.8, 4) is 0 Å². The molecule has 1 heterocycles. The maximum Gasteiger partial charge on any atom is 0.102 e. The lowest BCUT2D eigenvalue weighted by Gasteiger charge is -1.99. The van der Waals surface area contributed by atoms with E-state index >= 15 is 0 Å². The van der Waals surface area contributed by atoms with Crippen LogP contribution in [0, 0.1) is 10.8 Å². The van der Waals surface area contributed by atoms with Crippen molar-refractivity contribution >= 4 is 21.8 Å². The zero-order valence-corrected chi connectivity index (χ0v) is 7.48. The minimum absolute atomic E-state index is 0.371. The molecule has 1 aromatic heterocycles. The van der Waals surface area contributed by atoms with Gasteiger partial charge in [0, 0.05) is 18.0 Å². The maximum atomic E-state index is 7.54. The Balaban J connectivity index is 2.73. The first kappa shape index (κ1) is 8.93. The Morgan fingerprint density at radius 3 is 2.75 bits per heavy atom. The van der Waals surface area contributed by atoms with E-state index < -0.39 is 0 Å². The molecule has 0 aliphatic rings. The van der Waals surface area contributed by atoms with E-state index in [0.717, 1.165) is 17.3 Å². The summed E-state index contributed by atoms with van der Waals surface area (Å²) in [7, 11) is 0. The third-order valence-corrected chi connectivity index (χ3v) is 1.92.